The van der Waals surface area contributed by atoms with Crippen LogP contribution in [0.25, 0.3) is 0 Å². The largest absolute Gasteiger partial charge is 0.497 e. The zero-order chi connectivity index (χ0) is 32.4. The van der Waals surface area contributed by atoms with E-state index in [1.54, 1.807) is 43.2 Å². The van der Waals surface area contributed by atoms with Crippen molar-refractivity contribution in [1.29, 1.82) is 0 Å². The monoisotopic (exact) mass is 672 g/mol. The number of halogens is 2. The van der Waals surface area contributed by atoms with E-state index in [9.17, 15) is 23.1 Å². The molecule has 3 aromatic carbocycles. The number of nitrogens with one attached hydrogen (secondary N) is 1. The number of amides is 1. The first-order chi connectivity index (χ1) is 21.4. The molecule has 1 saturated heterocycles. The van der Waals surface area contributed by atoms with Gasteiger partial charge in [0.25, 0.3) is 0 Å². The molecule has 8 nitrogen and oxygen atoms in total. The van der Waals surface area contributed by atoms with Crippen LogP contribution >= 0.6 is 23.2 Å². The first-order valence-corrected chi connectivity index (χ1v) is 17.5. The van der Waals surface area contributed by atoms with E-state index in [0.717, 1.165) is 29.5 Å². The number of aliphatic carboxylic acids is 1. The Hall–Kier alpha value is -3.11. The molecular weight excluding hydrogens is 635 g/mol. The molecular formula is C34H38Cl2N2O6S. The number of aryl methyl sites for hydroxylation is 1. The minimum atomic E-state index is -3.72. The van der Waals surface area contributed by atoms with Crippen LogP contribution in [-0.2, 0) is 26.0 Å². The van der Waals surface area contributed by atoms with Crippen molar-refractivity contribution in [3.05, 3.63) is 99.5 Å². The lowest BCUT2D eigenvalue weighted by Gasteiger charge is -2.52. The number of nitrogens with zero attached hydrogens (tertiary/aromatic N) is 1. The summed E-state index contributed by atoms with van der Waals surface area (Å²) in [4.78, 5) is 28.5. The predicted molar refractivity (Wildman–Crippen MR) is 175 cm³/mol. The van der Waals surface area contributed by atoms with Gasteiger partial charge in [0.15, 0.2) is 0 Å². The van der Waals surface area contributed by atoms with Gasteiger partial charge in [0.2, 0.25) is 15.9 Å². The van der Waals surface area contributed by atoms with E-state index < -0.39 is 33.5 Å². The van der Waals surface area contributed by atoms with Crippen molar-refractivity contribution < 1.29 is 27.9 Å². The third-order valence-corrected chi connectivity index (χ3v) is 10.8. The van der Waals surface area contributed by atoms with Gasteiger partial charge in [-0.15, -0.1) is 0 Å². The van der Waals surface area contributed by atoms with Gasteiger partial charge in [0.05, 0.1) is 30.7 Å². The Kier molecular flexibility index (Phi) is 10.1. The van der Waals surface area contributed by atoms with Crippen molar-refractivity contribution in [3.63, 3.8) is 0 Å². The molecule has 2 aliphatic rings. The third-order valence-electron chi connectivity index (χ3n) is 8.96. The van der Waals surface area contributed by atoms with E-state index >= 15 is 0 Å². The van der Waals surface area contributed by atoms with E-state index in [1.807, 2.05) is 48.5 Å². The maximum absolute atomic E-state index is 14.6. The Morgan fingerprint density at radius 3 is 2.40 bits per heavy atom. The summed E-state index contributed by atoms with van der Waals surface area (Å²) in [6.45, 7) is 1.72. The van der Waals surface area contributed by atoms with E-state index in [0.29, 0.717) is 22.2 Å². The number of ether oxygens (including phenoxy) is 1. The predicted octanol–water partition coefficient (Wildman–Crippen LogP) is 6.48. The van der Waals surface area contributed by atoms with Crippen molar-refractivity contribution in [1.82, 2.24) is 9.62 Å². The summed E-state index contributed by atoms with van der Waals surface area (Å²) in [6.07, 6.45) is 1.90. The van der Waals surface area contributed by atoms with Crippen LogP contribution < -0.4 is 9.46 Å². The van der Waals surface area contributed by atoms with Crippen molar-refractivity contribution in [2.24, 2.45) is 11.3 Å². The summed E-state index contributed by atoms with van der Waals surface area (Å²) in [7, 11) is -2.16. The third kappa shape index (κ3) is 8.01. The molecule has 4 unspecified atom stereocenters. The number of carbonyl (C=O) groups excluding carboxylic acids is 1. The topological polar surface area (TPSA) is 113 Å². The molecule has 1 saturated carbocycles. The molecule has 5 rings (SSSR count). The second-order valence-corrected chi connectivity index (χ2v) is 15.2. The highest BCUT2D eigenvalue weighted by molar-refractivity contribution is 7.89. The molecule has 2 N–H and O–H groups in total. The van der Waals surface area contributed by atoms with Crippen LogP contribution in [0.5, 0.6) is 5.75 Å². The molecule has 0 aromatic heterocycles. The van der Waals surface area contributed by atoms with E-state index in [1.165, 1.54) is 0 Å². The molecule has 0 radical (unpaired) electrons. The summed E-state index contributed by atoms with van der Waals surface area (Å²) >= 11 is 12.7. The molecule has 1 heterocycles. The van der Waals surface area contributed by atoms with Crippen molar-refractivity contribution in [2.45, 2.75) is 57.0 Å². The minimum Gasteiger partial charge on any atom is -0.497 e. The van der Waals surface area contributed by atoms with Crippen LogP contribution in [0.4, 0.5) is 0 Å². The van der Waals surface area contributed by atoms with Gasteiger partial charge in [0.1, 0.15) is 5.75 Å². The molecule has 1 aliphatic heterocycles. The number of carboxylic acid groups (broad SMARTS) is 1. The van der Waals surface area contributed by atoms with Crippen molar-refractivity contribution >= 4 is 45.1 Å². The highest BCUT2D eigenvalue weighted by atomic mass is 35.5. The number of carbonyl (C=O) groups is 2. The summed E-state index contributed by atoms with van der Waals surface area (Å²) in [5.41, 5.74) is 1.33. The van der Waals surface area contributed by atoms with Crippen molar-refractivity contribution in [2.75, 3.05) is 19.4 Å². The SMILES string of the molecule is COc1cccc(CCS(=O)(=O)NCC(C2CC2)N2C(=O)C(C)(CC(=O)O)CC(c3cccc(Cl)c3)C2c2ccc(Cl)cc2)c1. The molecule has 4 atom stereocenters. The van der Waals surface area contributed by atoms with Crippen LogP contribution in [0.2, 0.25) is 10.0 Å². The minimum absolute atomic E-state index is 0.0202. The molecule has 3 aromatic rings. The fourth-order valence-electron chi connectivity index (χ4n) is 6.58. The first kappa shape index (κ1) is 33.3. The van der Waals surface area contributed by atoms with Gasteiger partial charge < -0.3 is 14.7 Å². The van der Waals surface area contributed by atoms with Gasteiger partial charge >= 0.3 is 5.97 Å². The number of hydrogen-bond donors (Lipinski definition) is 2. The Balaban J connectivity index is 1.51. The van der Waals surface area contributed by atoms with Crippen LogP contribution in [0.3, 0.4) is 0 Å². The highest BCUT2D eigenvalue weighted by Gasteiger charge is 2.54. The number of methoxy groups -OCH3 is 1. The van der Waals surface area contributed by atoms with E-state index in [2.05, 4.69) is 4.72 Å². The summed E-state index contributed by atoms with van der Waals surface area (Å²) < 4.78 is 34.7. The first-order valence-electron chi connectivity index (χ1n) is 15.0. The average Bonchev–Trinajstić information content (AvgIpc) is 3.84. The number of piperidine rings is 1. The molecule has 45 heavy (non-hydrogen) atoms. The number of benzene rings is 3. The zero-order valence-electron chi connectivity index (χ0n) is 25.3. The van der Waals surface area contributed by atoms with Crippen LogP contribution in [0.1, 0.15) is 61.3 Å². The molecule has 1 amide bonds. The normalized spacial score (nSPS) is 22.7. The van der Waals surface area contributed by atoms with Gasteiger partial charge in [-0.2, -0.15) is 0 Å². The summed E-state index contributed by atoms with van der Waals surface area (Å²) in [5, 5.41) is 11.0. The quantitative estimate of drug-likeness (QED) is 0.215. The standard InChI is InChI=1S/C34H38Cl2N2O6S/c1-34(20-31(39)40)19-29(25-6-4-7-27(36)18-25)32(24-11-13-26(35)14-12-24)38(33(34)41)30(23-9-10-23)21-37-45(42,43)16-15-22-5-3-8-28(17-22)44-2/h3-8,11-14,17-18,23,29-30,32,37H,9-10,15-16,19-21H2,1-2H3,(H,39,40). The Morgan fingerprint density at radius 2 is 1.76 bits per heavy atom. The molecule has 0 bridgehead atoms. The van der Waals surface area contributed by atoms with E-state index in [4.69, 9.17) is 27.9 Å². The Bertz CT molecular complexity index is 1650. The smallest absolute Gasteiger partial charge is 0.304 e. The average molecular weight is 674 g/mol. The highest BCUT2D eigenvalue weighted by Crippen LogP contribution is 2.54. The maximum atomic E-state index is 14.6. The van der Waals surface area contributed by atoms with Gasteiger partial charge in [-0.3, -0.25) is 9.59 Å². The van der Waals surface area contributed by atoms with Crippen LogP contribution in [-0.4, -0.2) is 55.7 Å². The molecule has 2 fully saturated rings. The summed E-state index contributed by atoms with van der Waals surface area (Å²) in [5.74, 6) is -1.08. The molecule has 11 heteroatoms. The number of rotatable bonds is 13. The second-order valence-electron chi connectivity index (χ2n) is 12.4. The van der Waals surface area contributed by atoms with Gasteiger partial charge in [-0.1, -0.05) is 66.5 Å². The van der Waals surface area contributed by atoms with Gasteiger partial charge in [-0.05, 0) is 84.7 Å². The number of carboxylic acids is 1. The summed E-state index contributed by atoms with van der Waals surface area (Å²) in [6, 6.07) is 21.0. The van der Waals surface area contributed by atoms with Crippen LogP contribution in [0, 0.1) is 11.3 Å². The fourth-order valence-corrected chi connectivity index (χ4v) is 7.98. The number of hydrogen-bond acceptors (Lipinski definition) is 5. The Morgan fingerprint density at radius 1 is 1.04 bits per heavy atom. The second kappa shape index (κ2) is 13.7. The number of likely N-dealkylation sites (tertiary alicyclic amines) is 1. The lowest BCUT2D eigenvalue weighted by atomic mass is 9.67. The maximum Gasteiger partial charge on any atom is 0.304 e. The van der Waals surface area contributed by atoms with Gasteiger partial charge in [-0.25, -0.2) is 13.1 Å². The lowest BCUT2D eigenvalue weighted by Crippen LogP contribution is -2.59. The fraction of sp³-hybridized carbons (Fsp3) is 0.412. The van der Waals surface area contributed by atoms with E-state index in [-0.39, 0.29) is 42.9 Å². The lowest BCUT2D eigenvalue weighted by molar-refractivity contribution is -0.161. The Labute approximate surface area is 274 Å². The number of sulfonamides is 1. The van der Waals surface area contributed by atoms with Gasteiger partial charge in [0, 0.05) is 28.5 Å². The molecule has 1 aliphatic carbocycles. The molecule has 240 valence electrons. The van der Waals surface area contributed by atoms with Crippen molar-refractivity contribution in [3.8, 4) is 5.75 Å². The zero-order valence-corrected chi connectivity index (χ0v) is 27.6. The van der Waals surface area contributed by atoms with Crippen LogP contribution in [0.15, 0.2) is 72.8 Å². The molecule has 0 spiro atoms.